The molecule has 152 valence electrons. The second-order valence-electron chi connectivity index (χ2n) is 6.69. The van der Waals surface area contributed by atoms with Crippen molar-refractivity contribution in [1.82, 2.24) is 9.55 Å². The Bertz CT molecular complexity index is 1120. The van der Waals surface area contributed by atoms with Crippen LogP contribution in [0.3, 0.4) is 0 Å². The van der Waals surface area contributed by atoms with Gasteiger partial charge in [0, 0.05) is 18.2 Å². The van der Waals surface area contributed by atoms with E-state index >= 15 is 0 Å². The topological polar surface area (TPSA) is 59.3 Å². The van der Waals surface area contributed by atoms with Gasteiger partial charge in [-0.2, -0.15) is 4.98 Å². The summed E-state index contributed by atoms with van der Waals surface area (Å²) in [7, 11) is 5.18. The molecule has 5 nitrogen and oxygen atoms in total. The molecule has 1 atom stereocenters. The molecular formula is C24H22N2O3S. The molecule has 0 spiro atoms. The van der Waals surface area contributed by atoms with E-state index in [1.54, 1.807) is 14.2 Å². The number of aromatic nitrogens is 2. The molecule has 6 heteroatoms. The molecule has 30 heavy (non-hydrogen) atoms. The lowest BCUT2D eigenvalue weighted by atomic mass is 10.0. The van der Waals surface area contributed by atoms with E-state index in [9.17, 15) is 4.55 Å². The average molecular weight is 419 g/mol. The number of rotatable bonds is 6. The van der Waals surface area contributed by atoms with Crippen LogP contribution >= 0.6 is 0 Å². The molecule has 4 rings (SSSR count). The van der Waals surface area contributed by atoms with Gasteiger partial charge in [-0.15, -0.1) is 0 Å². The number of hydrogen-bond acceptors (Lipinski definition) is 4. The molecule has 0 aliphatic rings. The van der Waals surface area contributed by atoms with Crippen LogP contribution < -0.4 is 9.47 Å². The smallest absolute Gasteiger partial charge is 0.329 e. The van der Waals surface area contributed by atoms with Crippen molar-refractivity contribution in [2.24, 2.45) is 7.05 Å². The van der Waals surface area contributed by atoms with Crippen LogP contribution in [0.4, 0.5) is 0 Å². The Morgan fingerprint density at radius 3 is 1.83 bits per heavy atom. The lowest BCUT2D eigenvalue weighted by Crippen LogP contribution is -2.09. The van der Waals surface area contributed by atoms with Crippen molar-refractivity contribution >= 4 is 11.2 Å². The standard InChI is InChI=1S/C24H22N2O3S/c1-26-23(18-11-15-20(29-3)16-12-18)22(17-9-13-19(28-2)14-10-17)25-24(26)30(27)21-7-5-4-6-8-21/h4-16H,1-3H3. The Balaban J connectivity index is 1.87. The van der Waals surface area contributed by atoms with Gasteiger partial charge in [0.15, 0.2) is 4.90 Å². The number of ether oxygens (including phenoxy) is 2. The Hall–Kier alpha value is -3.22. The van der Waals surface area contributed by atoms with Crippen LogP contribution in [0.15, 0.2) is 88.9 Å². The molecule has 0 aliphatic heterocycles. The van der Waals surface area contributed by atoms with Crippen molar-refractivity contribution in [3.05, 3.63) is 78.9 Å². The van der Waals surface area contributed by atoms with Gasteiger partial charge >= 0.3 is 5.16 Å². The normalized spacial score (nSPS) is 11.9. The average Bonchev–Trinajstić information content (AvgIpc) is 3.16. The summed E-state index contributed by atoms with van der Waals surface area (Å²) in [5.41, 5.74) is 3.55. The molecule has 0 saturated carbocycles. The van der Waals surface area contributed by atoms with Crippen molar-refractivity contribution < 1.29 is 14.0 Å². The maximum absolute atomic E-state index is 13.3. The highest BCUT2D eigenvalue weighted by Gasteiger charge is 2.27. The van der Waals surface area contributed by atoms with Crippen LogP contribution in [0, 0.1) is 0 Å². The van der Waals surface area contributed by atoms with Gasteiger partial charge in [-0.3, -0.25) is 4.57 Å². The molecule has 0 fully saturated rings. The Morgan fingerprint density at radius 1 is 0.767 bits per heavy atom. The number of nitrogens with zero attached hydrogens (tertiary/aromatic N) is 2. The Morgan fingerprint density at radius 2 is 1.30 bits per heavy atom. The maximum Gasteiger partial charge on any atom is 0.329 e. The highest BCUT2D eigenvalue weighted by atomic mass is 32.2. The lowest BCUT2D eigenvalue weighted by Gasteiger charge is -2.10. The SMILES string of the molecule is COc1ccc(-c2nc([S+]([O-])c3ccccc3)n(C)c2-c2ccc(OC)cc2)cc1. The Kier molecular flexibility index (Phi) is 5.79. The predicted octanol–water partition coefficient (Wildman–Crippen LogP) is 4.94. The first-order valence-corrected chi connectivity index (χ1v) is 10.6. The second kappa shape index (κ2) is 8.65. The molecule has 0 saturated heterocycles. The largest absolute Gasteiger partial charge is 0.604 e. The van der Waals surface area contributed by atoms with Gasteiger partial charge < -0.3 is 14.0 Å². The van der Waals surface area contributed by atoms with E-state index in [1.165, 1.54) is 0 Å². The summed E-state index contributed by atoms with van der Waals surface area (Å²) < 4.78 is 25.8. The summed E-state index contributed by atoms with van der Waals surface area (Å²) in [6.45, 7) is 0. The van der Waals surface area contributed by atoms with Gasteiger partial charge in [0.2, 0.25) is 0 Å². The zero-order valence-electron chi connectivity index (χ0n) is 17.0. The molecule has 3 aromatic carbocycles. The van der Waals surface area contributed by atoms with E-state index < -0.39 is 11.2 Å². The quantitative estimate of drug-likeness (QED) is 0.416. The van der Waals surface area contributed by atoms with Crippen molar-refractivity contribution in [1.29, 1.82) is 0 Å². The number of methoxy groups -OCH3 is 2. The van der Waals surface area contributed by atoms with Crippen molar-refractivity contribution in [3.63, 3.8) is 0 Å². The Labute approximate surface area is 179 Å². The molecular weight excluding hydrogens is 396 g/mol. The van der Waals surface area contributed by atoms with Crippen LogP contribution in [0.1, 0.15) is 0 Å². The van der Waals surface area contributed by atoms with Crippen LogP contribution in [-0.2, 0) is 18.2 Å². The molecule has 0 bridgehead atoms. The van der Waals surface area contributed by atoms with Crippen LogP contribution in [0.5, 0.6) is 11.5 Å². The highest BCUT2D eigenvalue weighted by Crippen LogP contribution is 2.36. The minimum absolute atomic E-state index is 0.498. The van der Waals surface area contributed by atoms with E-state index in [4.69, 9.17) is 14.5 Å². The van der Waals surface area contributed by atoms with Gasteiger partial charge in [0.25, 0.3) is 0 Å². The van der Waals surface area contributed by atoms with E-state index in [1.807, 2.05) is 90.5 Å². The minimum atomic E-state index is -1.40. The third-order valence-electron chi connectivity index (χ3n) is 4.90. The molecule has 1 aromatic heterocycles. The maximum atomic E-state index is 13.3. The van der Waals surface area contributed by atoms with Gasteiger partial charge in [0.1, 0.15) is 17.2 Å². The molecule has 0 N–H and O–H groups in total. The molecule has 4 aromatic rings. The van der Waals surface area contributed by atoms with Gasteiger partial charge in [0.05, 0.1) is 31.1 Å². The third-order valence-corrected chi connectivity index (χ3v) is 6.30. The first kappa shape index (κ1) is 20.1. The first-order chi connectivity index (χ1) is 14.6. The minimum Gasteiger partial charge on any atom is -0.604 e. The molecule has 0 amide bonds. The summed E-state index contributed by atoms with van der Waals surface area (Å²) in [5, 5.41) is 0.498. The van der Waals surface area contributed by atoms with Gasteiger partial charge in [-0.25, -0.2) is 0 Å². The number of hydrogen-bond donors (Lipinski definition) is 0. The zero-order valence-corrected chi connectivity index (χ0v) is 17.8. The van der Waals surface area contributed by atoms with Crippen molar-refractivity contribution in [2.45, 2.75) is 10.1 Å². The third kappa shape index (κ3) is 3.79. The monoisotopic (exact) mass is 418 g/mol. The van der Waals surface area contributed by atoms with Crippen molar-refractivity contribution in [2.75, 3.05) is 14.2 Å². The summed E-state index contributed by atoms with van der Waals surface area (Å²) in [6.07, 6.45) is 0. The molecule has 1 heterocycles. The van der Waals surface area contributed by atoms with E-state index in [-0.39, 0.29) is 0 Å². The van der Waals surface area contributed by atoms with Gasteiger partial charge in [-0.1, -0.05) is 18.2 Å². The first-order valence-electron chi connectivity index (χ1n) is 9.44. The predicted molar refractivity (Wildman–Crippen MR) is 118 cm³/mol. The molecule has 1 unspecified atom stereocenters. The van der Waals surface area contributed by atoms with E-state index in [0.717, 1.165) is 34.0 Å². The highest BCUT2D eigenvalue weighted by molar-refractivity contribution is 7.91. The van der Waals surface area contributed by atoms with Crippen LogP contribution in [-0.4, -0.2) is 28.3 Å². The fourth-order valence-electron chi connectivity index (χ4n) is 3.32. The molecule has 0 radical (unpaired) electrons. The van der Waals surface area contributed by atoms with E-state index in [2.05, 4.69) is 0 Å². The molecule has 0 aliphatic carbocycles. The second-order valence-corrected chi connectivity index (χ2v) is 8.06. The lowest BCUT2D eigenvalue weighted by molar-refractivity contribution is 0.414. The number of imidazole rings is 1. The van der Waals surface area contributed by atoms with E-state index in [0.29, 0.717) is 10.1 Å². The van der Waals surface area contributed by atoms with Crippen molar-refractivity contribution in [3.8, 4) is 34.0 Å². The zero-order chi connectivity index (χ0) is 21.1. The van der Waals surface area contributed by atoms with Gasteiger partial charge in [-0.05, 0) is 60.7 Å². The fraction of sp³-hybridized carbons (Fsp3) is 0.125. The summed E-state index contributed by atoms with van der Waals surface area (Å²) >= 11 is -1.40. The fourth-order valence-corrected chi connectivity index (χ4v) is 4.45. The summed E-state index contributed by atoms with van der Waals surface area (Å²) in [5.74, 6) is 1.55. The summed E-state index contributed by atoms with van der Waals surface area (Å²) in [6, 6.07) is 24.9. The number of benzene rings is 3. The summed E-state index contributed by atoms with van der Waals surface area (Å²) in [4.78, 5) is 5.54. The van der Waals surface area contributed by atoms with Crippen LogP contribution in [0.25, 0.3) is 22.5 Å². The van der Waals surface area contributed by atoms with Crippen LogP contribution in [0.2, 0.25) is 0 Å².